The van der Waals surface area contributed by atoms with E-state index >= 15 is 0 Å². The minimum absolute atomic E-state index is 0.0685. The normalized spacial score (nSPS) is 10.6. The van der Waals surface area contributed by atoms with E-state index in [1.54, 1.807) is 4.90 Å². The Balaban J connectivity index is 1.99. The molecular weight excluding hydrogens is 398 g/mol. The van der Waals surface area contributed by atoms with Gasteiger partial charge in [0, 0.05) is 12.2 Å². The number of rotatable bonds is 5. The molecule has 0 spiro atoms. The summed E-state index contributed by atoms with van der Waals surface area (Å²) in [6.07, 6.45) is 0. The fourth-order valence-electron chi connectivity index (χ4n) is 3.40. The number of nitrogens with one attached hydrogen (secondary N) is 2. The largest absolute Gasteiger partial charge is 0.383 e. The summed E-state index contributed by atoms with van der Waals surface area (Å²) in [7, 11) is 0. The predicted octanol–water partition coefficient (Wildman–Crippen LogP) is 3.01. The SMILES string of the molecule is CCN(C(=S)Nc1cc(C)cc(C)c1)c1c(N)n(Cc2ccccc2)c(=O)[nH]c1=O. The number of benzene rings is 2. The molecule has 0 amide bonds. The molecule has 2 aromatic carbocycles. The lowest BCUT2D eigenvalue weighted by atomic mass is 10.1. The maximum Gasteiger partial charge on any atom is 0.330 e. The third kappa shape index (κ3) is 4.60. The molecule has 0 atom stereocenters. The Morgan fingerprint density at radius 3 is 2.37 bits per heavy atom. The smallest absolute Gasteiger partial charge is 0.330 e. The lowest BCUT2D eigenvalue weighted by Gasteiger charge is -2.26. The Hall–Kier alpha value is -3.39. The van der Waals surface area contributed by atoms with Crippen LogP contribution in [0.25, 0.3) is 0 Å². The maximum absolute atomic E-state index is 12.7. The number of anilines is 3. The molecule has 3 rings (SSSR count). The van der Waals surface area contributed by atoms with Gasteiger partial charge in [-0.3, -0.25) is 14.3 Å². The van der Waals surface area contributed by atoms with Gasteiger partial charge in [0.2, 0.25) is 0 Å². The average Bonchev–Trinajstić information content (AvgIpc) is 2.68. The van der Waals surface area contributed by atoms with Crippen molar-refractivity contribution in [2.45, 2.75) is 27.3 Å². The molecule has 0 aliphatic heterocycles. The van der Waals surface area contributed by atoms with Crippen LogP contribution >= 0.6 is 12.2 Å². The summed E-state index contributed by atoms with van der Waals surface area (Å²) in [5, 5.41) is 3.50. The molecule has 0 aliphatic carbocycles. The van der Waals surface area contributed by atoms with E-state index < -0.39 is 11.2 Å². The molecule has 4 N–H and O–H groups in total. The van der Waals surface area contributed by atoms with Crippen molar-refractivity contribution in [2.24, 2.45) is 0 Å². The van der Waals surface area contributed by atoms with E-state index in [9.17, 15) is 9.59 Å². The van der Waals surface area contributed by atoms with Crippen molar-refractivity contribution in [1.82, 2.24) is 9.55 Å². The van der Waals surface area contributed by atoms with E-state index in [-0.39, 0.29) is 18.1 Å². The summed E-state index contributed by atoms with van der Waals surface area (Å²) >= 11 is 5.57. The molecule has 156 valence electrons. The first-order chi connectivity index (χ1) is 14.3. The first-order valence-electron chi connectivity index (χ1n) is 9.63. The molecule has 1 heterocycles. The van der Waals surface area contributed by atoms with Gasteiger partial charge in [0.1, 0.15) is 5.82 Å². The summed E-state index contributed by atoms with van der Waals surface area (Å²) in [6, 6.07) is 15.4. The van der Waals surface area contributed by atoms with Crippen molar-refractivity contribution in [3.63, 3.8) is 0 Å². The van der Waals surface area contributed by atoms with Crippen LogP contribution < -0.4 is 27.2 Å². The third-order valence-corrected chi connectivity index (χ3v) is 5.02. The Morgan fingerprint density at radius 2 is 1.77 bits per heavy atom. The number of aromatic amines is 1. The van der Waals surface area contributed by atoms with Crippen LogP contribution in [-0.4, -0.2) is 21.2 Å². The maximum atomic E-state index is 12.7. The quantitative estimate of drug-likeness (QED) is 0.546. The number of aryl methyl sites for hydroxylation is 2. The van der Waals surface area contributed by atoms with Gasteiger partial charge < -0.3 is 16.0 Å². The summed E-state index contributed by atoms with van der Waals surface area (Å²) in [6.45, 7) is 6.50. The zero-order chi connectivity index (χ0) is 21.8. The van der Waals surface area contributed by atoms with E-state index in [0.29, 0.717) is 11.7 Å². The molecule has 0 unspecified atom stereocenters. The van der Waals surface area contributed by atoms with Gasteiger partial charge in [0.05, 0.1) is 6.54 Å². The summed E-state index contributed by atoms with van der Waals surface area (Å²) in [5.74, 6) is 0.0685. The molecule has 0 radical (unpaired) electrons. The van der Waals surface area contributed by atoms with Crippen molar-refractivity contribution in [1.29, 1.82) is 0 Å². The number of nitrogens with zero attached hydrogens (tertiary/aromatic N) is 2. The van der Waals surface area contributed by atoms with Crippen LogP contribution in [0.3, 0.4) is 0 Å². The third-order valence-electron chi connectivity index (χ3n) is 4.70. The van der Waals surface area contributed by atoms with Gasteiger partial charge in [-0.15, -0.1) is 0 Å². The number of H-pyrrole nitrogens is 1. The van der Waals surface area contributed by atoms with E-state index in [2.05, 4.69) is 16.4 Å². The minimum Gasteiger partial charge on any atom is -0.383 e. The van der Waals surface area contributed by atoms with Crippen LogP contribution in [0.2, 0.25) is 0 Å². The highest BCUT2D eigenvalue weighted by Crippen LogP contribution is 2.20. The standard InChI is InChI=1S/C22H25N5O2S/c1-4-26(22(30)24-17-11-14(2)10-15(3)12-17)18-19(23)27(21(29)25-20(18)28)13-16-8-6-5-7-9-16/h5-12H,4,13,23H2,1-3H3,(H,24,30)(H,25,28,29). The fraction of sp³-hybridized carbons (Fsp3) is 0.227. The Labute approximate surface area is 180 Å². The Morgan fingerprint density at radius 1 is 1.13 bits per heavy atom. The first-order valence-corrected chi connectivity index (χ1v) is 10.0. The van der Waals surface area contributed by atoms with Crippen molar-refractivity contribution in [2.75, 3.05) is 22.5 Å². The highest BCUT2D eigenvalue weighted by molar-refractivity contribution is 7.80. The highest BCUT2D eigenvalue weighted by atomic mass is 32.1. The first kappa shape index (κ1) is 21.3. The van der Waals surface area contributed by atoms with Gasteiger partial charge in [-0.2, -0.15) is 0 Å². The lowest BCUT2D eigenvalue weighted by Crippen LogP contribution is -2.42. The lowest BCUT2D eigenvalue weighted by molar-refractivity contribution is 0.730. The number of aromatic nitrogens is 2. The molecule has 30 heavy (non-hydrogen) atoms. The fourth-order valence-corrected chi connectivity index (χ4v) is 3.74. The Bertz CT molecular complexity index is 1160. The molecule has 0 saturated carbocycles. The monoisotopic (exact) mass is 423 g/mol. The number of thiocarbonyl (C=S) groups is 1. The molecule has 8 heteroatoms. The molecule has 7 nitrogen and oxygen atoms in total. The van der Waals surface area contributed by atoms with Crippen LogP contribution in [0.4, 0.5) is 17.2 Å². The zero-order valence-electron chi connectivity index (χ0n) is 17.2. The highest BCUT2D eigenvalue weighted by Gasteiger charge is 2.21. The number of nitrogen functional groups attached to an aromatic ring is 1. The molecule has 3 aromatic rings. The second kappa shape index (κ2) is 8.96. The summed E-state index contributed by atoms with van der Waals surface area (Å²) < 4.78 is 1.34. The van der Waals surface area contributed by atoms with E-state index in [0.717, 1.165) is 22.4 Å². The second-order valence-corrected chi connectivity index (χ2v) is 7.50. The zero-order valence-corrected chi connectivity index (χ0v) is 18.0. The molecule has 1 aromatic heterocycles. The van der Waals surface area contributed by atoms with Crippen molar-refractivity contribution in [3.8, 4) is 0 Å². The number of hydrogen-bond donors (Lipinski definition) is 3. The number of hydrogen-bond acceptors (Lipinski definition) is 4. The predicted molar refractivity (Wildman–Crippen MR) is 126 cm³/mol. The Kier molecular flexibility index (Phi) is 6.37. The van der Waals surface area contributed by atoms with E-state index in [1.165, 1.54) is 4.57 Å². The van der Waals surface area contributed by atoms with Crippen LogP contribution in [0.5, 0.6) is 0 Å². The number of nitrogens with two attached hydrogens (primary N) is 1. The topological polar surface area (TPSA) is 96.2 Å². The van der Waals surface area contributed by atoms with Crippen molar-refractivity contribution < 1.29 is 0 Å². The summed E-state index contributed by atoms with van der Waals surface area (Å²) in [5.41, 5.74) is 9.22. The molecule has 0 fully saturated rings. The molecular formula is C22H25N5O2S. The van der Waals surface area contributed by atoms with Gasteiger partial charge in [0.15, 0.2) is 10.8 Å². The van der Waals surface area contributed by atoms with Crippen LogP contribution in [0, 0.1) is 13.8 Å². The van der Waals surface area contributed by atoms with Gasteiger partial charge in [-0.25, -0.2) is 4.79 Å². The second-order valence-electron chi connectivity index (χ2n) is 7.12. The summed E-state index contributed by atoms with van der Waals surface area (Å²) in [4.78, 5) is 29.0. The minimum atomic E-state index is -0.576. The molecule has 0 bridgehead atoms. The van der Waals surface area contributed by atoms with Gasteiger partial charge >= 0.3 is 5.69 Å². The van der Waals surface area contributed by atoms with E-state index in [4.69, 9.17) is 18.0 Å². The van der Waals surface area contributed by atoms with E-state index in [1.807, 2.05) is 63.2 Å². The van der Waals surface area contributed by atoms with Gasteiger partial charge in [-0.1, -0.05) is 36.4 Å². The van der Waals surface area contributed by atoms with Crippen LogP contribution in [-0.2, 0) is 6.54 Å². The van der Waals surface area contributed by atoms with Crippen molar-refractivity contribution >= 4 is 34.5 Å². The van der Waals surface area contributed by atoms with Gasteiger partial charge in [-0.05, 0) is 61.8 Å². The van der Waals surface area contributed by atoms with Crippen LogP contribution in [0.15, 0.2) is 58.1 Å². The molecule has 0 saturated heterocycles. The molecule has 0 aliphatic rings. The van der Waals surface area contributed by atoms with Gasteiger partial charge in [0.25, 0.3) is 5.56 Å². The average molecular weight is 424 g/mol. The van der Waals surface area contributed by atoms with Crippen molar-refractivity contribution in [3.05, 3.63) is 86.1 Å². The van der Waals surface area contributed by atoms with Crippen LogP contribution in [0.1, 0.15) is 23.6 Å².